The predicted octanol–water partition coefficient (Wildman–Crippen LogP) is 10.4. The summed E-state index contributed by atoms with van der Waals surface area (Å²) in [7, 11) is 0. The lowest BCUT2D eigenvalue weighted by Gasteiger charge is -2.24. The molecule has 2 aromatic rings. The fraction of sp³-hybridized carbons (Fsp3) is 0.677. The fourth-order valence-corrected chi connectivity index (χ4v) is 7.68. The summed E-state index contributed by atoms with van der Waals surface area (Å²) < 4.78 is 0.462. The first-order chi connectivity index (χ1) is 15.8. The maximum atomic E-state index is 2.43. The van der Waals surface area contributed by atoms with Crippen LogP contribution in [0.4, 0.5) is 0 Å². The number of hydrogen-bond donors (Lipinski definition) is 0. The molecular formula is C31H46S. The second-order valence-electron chi connectivity index (χ2n) is 10.6. The lowest BCUT2D eigenvalue weighted by atomic mass is 9.79. The molecule has 1 heterocycles. The largest absolute Gasteiger partial charge is 0.144 e. The Morgan fingerprint density at radius 2 is 1.22 bits per heavy atom. The number of benzene rings is 2. The minimum absolute atomic E-state index is 0.462. The van der Waals surface area contributed by atoms with Crippen LogP contribution in [0.5, 0.6) is 0 Å². The van der Waals surface area contributed by atoms with E-state index in [9.17, 15) is 0 Å². The first kappa shape index (κ1) is 24.2. The van der Waals surface area contributed by atoms with Crippen LogP contribution in [-0.2, 0) is 11.2 Å². The Balaban J connectivity index is 1.03. The fourth-order valence-electron chi connectivity index (χ4n) is 6.09. The summed E-state index contributed by atoms with van der Waals surface area (Å²) in [6, 6.07) is 13.9. The summed E-state index contributed by atoms with van der Waals surface area (Å²) in [5.74, 6) is 0. The third-order valence-electron chi connectivity index (χ3n) is 8.07. The topological polar surface area (TPSA) is 0 Å². The highest BCUT2D eigenvalue weighted by Gasteiger charge is 2.58. The molecule has 0 saturated carbocycles. The van der Waals surface area contributed by atoms with Crippen molar-refractivity contribution >= 4 is 22.5 Å². The molecule has 1 heteroatoms. The molecule has 1 saturated heterocycles. The quantitative estimate of drug-likeness (QED) is 0.170. The number of thioether (sulfide) groups is 1. The molecule has 4 rings (SSSR count). The van der Waals surface area contributed by atoms with Crippen LogP contribution < -0.4 is 0 Å². The number of hydrogen-bond acceptors (Lipinski definition) is 1. The SMILES string of the molecule is CCCCCCCCCCCCCCCCCCC12SC1Cc1cccc3cccc2c13. The highest BCUT2D eigenvalue weighted by Crippen LogP contribution is 2.68. The molecule has 2 aromatic carbocycles. The van der Waals surface area contributed by atoms with Crippen molar-refractivity contribution in [2.24, 2.45) is 0 Å². The number of rotatable bonds is 17. The van der Waals surface area contributed by atoms with E-state index in [1.54, 1.807) is 16.5 Å². The molecule has 1 fully saturated rings. The third-order valence-corrected chi connectivity index (χ3v) is 9.80. The van der Waals surface area contributed by atoms with Crippen molar-refractivity contribution in [3.05, 3.63) is 47.5 Å². The van der Waals surface area contributed by atoms with Gasteiger partial charge in [0.05, 0.1) is 4.75 Å². The van der Waals surface area contributed by atoms with Crippen LogP contribution in [0.15, 0.2) is 36.4 Å². The van der Waals surface area contributed by atoms with Crippen molar-refractivity contribution in [2.75, 3.05) is 0 Å². The molecule has 0 aromatic heterocycles. The van der Waals surface area contributed by atoms with Crippen molar-refractivity contribution in [1.29, 1.82) is 0 Å². The monoisotopic (exact) mass is 450 g/mol. The zero-order chi connectivity index (χ0) is 22.1. The summed E-state index contributed by atoms with van der Waals surface area (Å²) in [4.78, 5) is 0. The summed E-state index contributed by atoms with van der Waals surface area (Å²) in [6.45, 7) is 2.30. The number of unbranched alkanes of at least 4 members (excludes halogenated alkanes) is 15. The molecule has 0 spiro atoms. The van der Waals surface area contributed by atoms with Crippen LogP contribution in [-0.4, -0.2) is 5.25 Å². The average molecular weight is 451 g/mol. The standard InChI is InChI=1S/C31H46S/c1-2-3-4-5-6-7-8-9-10-11-12-13-14-15-16-17-24-31-28-23-19-21-26-20-18-22-27(30(26)28)25-29(31)32-31/h18-23,29H,2-17,24-25H2,1H3. The second-order valence-corrected chi connectivity index (χ2v) is 12.1. The normalized spacial score (nSPS) is 21.1. The van der Waals surface area contributed by atoms with Gasteiger partial charge in [-0.25, -0.2) is 0 Å². The van der Waals surface area contributed by atoms with Gasteiger partial charge in [0.25, 0.3) is 0 Å². The molecule has 1 aliphatic carbocycles. The summed E-state index contributed by atoms with van der Waals surface area (Å²) >= 11 is 2.26. The van der Waals surface area contributed by atoms with Gasteiger partial charge in [-0.2, -0.15) is 0 Å². The van der Waals surface area contributed by atoms with Gasteiger partial charge in [0.1, 0.15) is 0 Å². The van der Waals surface area contributed by atoms with E-state index < -0.39 is 0 Å². The van der Waals surface area contributed by atoms with E-state index in [1.807, 2.05) is 0 Å². The Morgan fingerprint density at radius 1 is 0.688 bits per heavy atom. The molecule has 0 N–H and O–H groups in total. The highest BCUT2D eigenvalue weighted by atomic mass is 32.2. The Kier molecular flexibility index (Phi) is 9.44. The average Bonchev–Trinajstić information content (AvgIpc) is 3.53. The van der Waals surface area contributed by atoms with Crippen molar-refractivity contribution < 1.29 is 0 Å². The molecule has 2 unspecified atom stereocenters. The van der Waals surface area contributed by atoms with Gasteiger partial charge < -0.3 is 0 Å². The minimum Gasteiger partial charge on any atom is -0.144 e. The third kappa shape index (κ3) is 6.13. The molecule has 176 valence electrons. The minimum atomic E-state index is 0.462. The van der Waals surface area contributed by atoms with Gasteiger partial charge in [-0.15, -0.1) is 11.8 Å². The van der Waals surface area contributed by atoms with Crippen molar-refractivity contribution in [3.63, 3.8) is 0 Å². The van der Waals surface area contributed by atoms with Gasteiger partial charge in [0, 0.05) is 5.25 Å². The second kappa shape index (κ2) is 12.5. The Labute approximate surface area is 202 Å². The molecule has 2 aliphatic rings. The van der Waals surface area contributed by atoms with Crippen LogP contribution in [0, 0.1) is 0 Å². The van der Waals surface area contributed by atoms with E-state index >= 15 is 0 Å². The van der Waals surface area contributed by atoms with Gasteiger partial charge in [-0.05, 0) is 34.7 Å². The van der Waals surface area contributed by atoms with Crippen LogP contribution >= 0.6 is 11.8 Å². The molecular weight excluding hydrogens is 404 g/mol. The van der Waals surface area contributed by atoms with Gasteiger partial charge in [0.15, 0.2) is 0 Å². The van der Waals surface area contributed by atoms with Gasteiger partial charge in [-0.3, -0.25) is 0 Å². The maximum Gasteiger partial charge on any atom is 0.0539 e. The van der Waals surface area contributed by atoms with E-state index in [2.05, 4.69) is 55.1 Å². The summed E-state index contributed by atoms with van der Waals surface area (Å²) in [5, 5.41) is 3.89. The Hall–Kier alpha value is -0.950. The number of fused-ring (bicyclic) bond motifs is 2. The summed E-state index contributed by atoms with van der Waals surface area (Å²) in [6.07, 6.45) is 26.0. The maximum absolute atomic E-state index is 2.43. The van der Waals surface area contributed by atoms with E-state index in [0.29, 0.717) is 4.75 Å². The summed E-state index contributed by atoms with van der Waals surface area (Å²) in [5.41, 5.74) is 3.25. The smallest absolute Gasteiger partial charge is 0.0539 e. The van der Waals surface area contributed by atoms with Crippen LogP contribution in [0.1, 0.15) is 127 Å². The van der Waals surface area contributed by atoms with E-state index in [1.165, 1.54) is 121 Å². The molecule has 2 atom stereocenters. The molecule has 0 bridgehead atoms. The lowest BCUT2D eigenvalue weighted by molar-refractivity contribution is 0.511. The van der Waals surface area contributed by atoms with Crippen LogP contribution in [0.2, 0.25) is 0 Å². The lowest BCUT2D eigenvalue weighted by Crippen LogP contribution is -2.19. The van der Waals surface area contributed by atoms with Gasteiger partial charge >= 0.3 is 0 Å². The van der Waals surface area contributed by atoms with Crippen LogP contribution in [0.3, 0.4) is 0 Å². The van der Waals surface area contributed by atoms with E-state index in [4.69, 9.17) is 0 Å². The predicted molar refractivity (Wildman–Crippen MR) is 145 cm³/mol. The van der Waals surface area contributed by atoms with Gasteiger partial charge in [0.2, 0.25) is 0 Å². The van der Waals surface area contributed by atoms with Crippen molar-refractivity contribution in [1.82, 2.24) is 0 Å². The van der Waals surface area contributed by atoms with Crippen molar-refractivity contribution in [2.45, 2.75) is 132 Å². The van der Waals surface area contributed by atoms with E-state index in [-0.39, 0.29) is 0 Å². The zero-order valence-electron chi connectivity index (χ0n) is 20.7. The molecule has 0 amide bonds. The van der Waals surface area contributed by atoms with E-state index in [0.717, 1.165) is 5.25 Å². The van der Waals surface area contributed by atoms with Crippen molar-refractivity contribution in [3.8, 4) is 0 Å². The van der Waals surface area contributed by atoms with Crippen LogP contribution in [0.25, 0.3) is 10.8 Å². The molecule has 32 heavy (non-hydrogen) atoms. The highest BCUT2D eigenvalue weighted by molar-refractivity contribution is 8.08. The zero-order valence-corrected chi connectivity index (χ0v) is 21.5. The molecule has 0 radical (unpaired) electrons. The first-order valence-electron chi connectivity index (χ1n) is 14.0. The molecule has 1 aliphatic heterocycles. The molecule has 0 nitrogen and oxygen atoms in total. The van der Waals surface area contributed by atoms with Gasteiger partial charge in [-0.1, -0.05) is 146 Å². The Morgan fingerprint density at radius 3 is 1.81 bits per heavy atom. The first-order valence-corrected chi connectivity index (χ1v) is 14.9. The Bertz CT molecular complexity index is 819.